The lowest BCUT2D eigenvalue weighted by Crippen LogP contribution is -2.39. The molecule has 1 unspecified atom stereocenters. The number of carbonyl (C=O) groups excluding carboxylic acids is 1. The van der Waals surface area contributed by atoms with Gasteiger partial charge in [0.15, 0.2) is 0 Å². The van der Waals surface area contributed by atoms with Crippen LogP contribution in [-0.4, -0.2) is 32.7 Å². The normalized spacial score (nSPS) is 14.1. The maximum Gasteiger partial charge on any atom is 0.525 e. The first-order chi connectivity index (χ1) is 5.40. The largest absolute Gasteiger partial charge is 0.525 e. The molecular weight excluding hydrogens is 179 g/mol. The Balaban J connectivity index is 4.09. The predicted octanol–water partition coefficient (Wildman–Crippen LogP) is 0.241. The maximum absolute atomic E-state index is 11.5. The minimum absolute atomic E-state index is 0.936. The van der Waals surface area contributed by atoms with Crippen molar-refractivity contribution >= 4 is 5.91 Å². The van der Waals surface area contributed by atoms with Gasteiger partial charge >= 0.3 is 6.36 Å². The first-order valence-corrected chi connectivity index (χ1v) is 2.89. The Morgan fingerprint density at radius 3 is 2.25 bits per heavy atom. The van der Waals surface area contributed by atoms with Gasteiger partial charge < -0.3 is 10.1 Å². The van der Waals surface area contributed by atoms with Crippen LogP contribution in [0.2, 0.25) is 0 Å². The molecule has 0 aliphatic heterocycles. The Morgan fingerprint density at radius 2 is 2.00 bits per heavy atom. The van der Waals surface area contributed by atoms with E-state index in [0.29, 0.717) is 0 Å². The second-order valence-corrected chi connectivity index (χ2v) is 1.75. The number of methoxy groups -OCH3 is 1. The van der Waals surface area contributed by atoms with Gasteiger partial charge in [-0.3, -0.25) is 9.53 Å². The minimum atomic E-state index is -4.88. The lowest BCUT2D eigenvalue weighted by molar-refractivity contribution is -0.367. The van der Waals surface area contributed by atoms with Crippen LogP contribution in [0.3, 0.4) is 0 Å². The lowest BCUT2D eigenvalue weighted by atomic mass is 10.6. The van der Waals surface area contributed by atoms with Gasteiger partial charge in [-0.2, -0.15) is 0 Å². The van der Waals surface area contributed by atoms with Crippen LogP contribution in [0, 0.1) is 0 Å². The second-order valence-electron chi connectivity index (χ2n) is 1.75. The zero-order chi connectivity index (χ0) is 9.78. The Labute approximate surface area is 66.6 Å². The van der Waals surface area contributed by atoms with Crippen LogP contribution in [0.15, 0.2) is 0 Å². The molecule has 0 saturated heterocycles. The van der Waals surface area contributed by atoms with Crippen molar-refractivity contribution in [1.29, 1.82) is 0 Å². The first-order valence-electron chi connectivity index (χ1n) is 2.89. The highest BCUT2D eigenvalue weighted by Gasteiger charge is 2.36. The van der Waals surface area contributed by atoms with Crippen molar-refractivity contribution in [1.82, 2.24) is 5.32 Å². The third kappa shape index (κ3) is 4.14. The van der Waals surface area contributed by atoms with Crippen molar-refractivity contribution in [3.8, 4) is 0 Å². The highest BCUT2D eigenvalue weighted by molar-refractivity contribution is 5.79. The highest BCUT2D eigenvalue weighted by atomic mass is 19.4. The number of halogens is 3. The number of alkyl halides is 3. The van der Waals surface area contributed by atoms with Gasteiger partial charge in [0.1, 0.15) is 0 Å². The molecule has 1 atom stereocenters. The van der Waals surface area contributed by atoms with E-state index in [2.05, 4.69) is 9.47 Å². The molecule has 0 heterocycles. The van der Waals surface area contributed by atoms with Gasteiger partial charge in [0.2, 0.25) is 6.29 Å². The molecule has 0 spiro atoms. The average Bonchev–Trinajstić information content (AvgIpc) is 1.97. The molecule has 1 amide bonds. The molecule has 12 heavy (non-hydrogen) atoms. The SMILES string of the molecule is CNC(=O)C(OC)OC(F)(F)F. The summed E-state index contributed by atoms with van der Waals surface area (Å²) >= 11 is 0. The van der Waals surface area contributed by atoms with Crippen molar-refractivity contribution in [2.75, 3.05) is 14.2 Å². The van der Waals surface area contributed by atoms with E-state index in [0.717, 1.165) is 7.11 Å². The molecule has 0 aromatic heterocycles. The molecule has 0 rings (SSSR count). The van der Waals surface area contributed by atoms with E-state index < -0.39 is 18.6 Å². The number of ether oxygens (including phenoxy) is 2. The number of hydrogen-bond donors (Lipinski definition) is 1. The van der Waals surface area contributed by atoms with Crippen molar-refractivity contribution in [3.63, 3.8) is 0 Å². The molecule has 72 valence electrons. The summed E-state index contributed by atoms with van der Waals surface area (Å²) in [6.45, 7) is 0. The number of hydrogen-bond acceptors (Lipinski definition) is 3. The van der Waals surface area contributed by atoms with E-state index in [1.54, 1.807) is 0 Å². The molecule has 0 aromatic carbocycles. The van der Waals surface area contributed by atoms with E-state index in [-0.39, 0.29) is 0 Å². The molecule has 7 heteroatoms. The van der Waals surface area contributed by atoms with Crippen LogP contribution in [-0.2, 0) is 14.3 Å². The fourth-order valence-electron chi connectivity index (χ4n) is 0.448. The van der Waals surface area contributed by atoms with Crippen LogP contribution in [0.1, 0.15) is 0 Å². The third-order valence-corrected chi connectivity index (χ3v) is 0.915. The summed E-state index contributed by atoms with van der Waals surface area (Å²) in [7, 11) is 2.11. The number of nitrogens with one attached hydrogen (secondary N) is 1. The number of amides is 1. The summed E-state index contributed by atoms with van der Waals surface area (Å²) in [5.74, 6) is -0.991. The van der Waals surface area contributed by atoms with Crippen LogP contribution in [0.25, 0.3) is 0 Å². The molecule has 0 aromatic rings. The van der Waals surface area contributed by atoms with E-state index in [1.807, 2.05) is 5.32 Å². The number of likely N-dealkylation sites (N-methyl/N-ethyl adjacent to an activating group) is 1. The van der Waals surface area contributed by atoms with Gasteiger partial charge in [0.05, 0.1) is 0 Å². The minimum Gasteiger partial charge on any atom is -0.355 e. The Bertz CT molecular complexity index is 159. The van der Waals surface area contributed by atoms with Crippen molar-refractivity contribution in [3.05, 3.63) is 0 Å². The molecule has 0 radical (unpaired) electrons. The summed E-state index contributed by atoms with van der Waals surface area (Å²) in [4.78, 5) is 10.6. The Hall–Kier alpha value is -0.820. The monoisotopic (exact) mass is 187 g/mol. The van der Waals surface area contributed by atoms with E-state index in [4.69, 9.17) is 0 Å². The number of rotatable bonds is 3. The molecule has 0 saturated carbocycles. The molecule has 1 N–H and O–H groups in total. The van der Waals surface area contributed by atoms with E-state index in [1.165, 1.54) is 7.05 Å². The highest BCUT2D eigenvalue weighted by Crippen LogP contribution is 2.18. The summed E-state index contributed by atoms with van der Waals surface area (Å²) < 4.78 is 42.0. The van der Waals surface area contributed by atoms with E-state index >= 15 is 0 Å². The topological polar surface area (TPSA) is 47.6 Å². The zero-order valence-electron chi connectivity index (χ0n) is 6.44. The van der Waals surface area contributed by atoms with Crippen LogP contribution in [0.5, 0.6) is 0 Å². The van der Waals surface area contributed by atoms with Crippen molar-refractivity contribution < 1.29 is 27.4 Å². The van der Waals surface area contributed by atoms with Crippen LogP contribution >= 0.6 is 0 Å². The van der Waals surface area contributed by atoms with Gasteiger partial charge in [0.25, 0.3) is 5.91 Å². The quantitative estimate of drug-likeness (QED) is 0.644. The van der Waals surface area contributed by atoms with Crippen molar-refractivity contribution in [2.45, 2.75) is 12.7 Å². The van der Waals surface area contributed by atoms with Gasteiger partial charge in [-0.1, -0.05) is 0 Å². The van der Waals surface area contributed by atoms with E-state index in [9.17, 15) is 18.0 Å². The smallest absolute Gasteiger partial charge is 0.355 e. The Morgan fingerprint density at radius 1 is 1.50 bits per heavy atom. The summed E-state index contributed by atoms with van der Waals surface area (Å²) in [5.41, 5.74) is 0. The first kappa shape index (κ1) is 11.2. The number of carbonyl (C=O) groups is 1. The fourth-order valence-corrected chi connectivity index (χ4v) is 0.448. The third-order valence-electron chi connectivity index (χ3n) is 0.915. The molecule has 0 bridgehead atoms. The molecule has 0 aliphatic rings. The zero-order valence-corrected chi connectivity index (χ0v) is 6.44. The van der Waals surface area contributed by atoms with Crippen LogP contribution < -0.4 is 5.32 Å². The maximum atomic E-state index is 11.5. The van der Waals surface area contributed by atoms with Gasteiger partial charge in [-0.25, -0.2) is 0 Å². The molecule has 0 aliphatic carbocycles. The average molecular weight is 187 g/mol. The standard InChI is InChI=1S/C5H8F3NO3/c1-9-3(10)4(11-2)12-5(6,7)8/h4H,1-2H3,(H,9,10). The lowest BCUT2D eigenvalue weighted by Gasteiger charge is -2.15. The Kier molecular flexibility index (Phi) is 3.98. The summed E-state index contributed by atoms with van der Waals surface area (Å²) in [5, 5.41) is 1.95. The molecular formula is C5H8F3NO3. The fraction of sp³-hybridized carbons (Fsp3) is 0.800. The van der Waals surface area contributed by atoms with Crippen molar-refractivity contribution in [2.24, 2.45) is 0 Å². The van der Waals surface area contributed by atoms with Gasteiger partial charge in [-0.05, 0) is 0 Å². The second kappa shape index (κ2) is 4.27. The van der Waals surface area contributed by atoms with Crippen LogP contribution in [0.4, 0.5) is 13.2 Å². The van der Waals surface area contributed by atoms with Gasteiger partial charge in [0, 0.05) is 14.2 Å². The molecule has 0 fully saturated rings. The summed E-state index contributed by atoms with van der Waals surface area (Å²) in [6, 6.07) is 0. The summed E-state index contributed by atoms with van der Waals surface area (Å²) in [6.07, 6.45) is -6.83. The van der Waals surface area contributed by atoms with Gasteiger partial charge in [-0.15, -0.1) is 13.2 Å². The predicted molar refractivity (Wildman–Crippen MR) is 32.0 cm³/mol. The molecule has 4 nitrogen and oxygen atoms in total.